The van der Waals surface area contributed by atoms with Crippen LogP contribution in [0.5, 0.6) is 0 Å². The van der Waals surface area contributed by atoms with Gasteiger partial charge in [0.25, 0.3) is 0 Å². The minimum absolute atomic E-state index is 0.0862. The number of ether oxygens (including phenoxy) is 1. The summed E-state index contributed by atoms with van der Waals surface area (Å²) >= 11 is 0. The molecule has 0 heterocycles. The predicted octanol–water partition coefficient (Wildman–Crippen LogP) is 3.52. The summed E-state index contributed by atoms with van der Waals surface area (Å²) in [5.74, 6) is 0.377. The van der Waals surface area contributed by atoms with E-state index in [1.165, 1.54) is 5.56 Å². The highest BCUT2D eigenvalue weighted by Crippen LogP contribution is 2.24. The van der Waals surface area contributed by atoms with Crippen molar-refractivity contribution in [2.75, 3.05) is 6.61 Å². The first kappa shape index (κ1) is 12.8. The highest BCUT2D eigenvalue weighted by molar-refractivity contribution is 5.69. The summed E-state index contributed by atoms with van der Waals surface area (Å²) in [5, 5.41) is 0. The van der Waals surface area contributed by atoms with E-state index >= 15 is 0 Å². The first-order valence-corrected chi connectivity index (χ1v) is 5.98. The number of hydrogen-bond donors (Lipinski definition) is 0. The molecule has 0 amide bonds. The van der Waals surface area contributed by atoms with E-state index in [1.807, 2.05) is 25.1 Å². The van der Waals surface area contributed by atoms with Crippen LogP contribution in [0.25, 0.3) is 0 Å². The Hall–Kier alpha value is -1.31. The zero-order valence-electron chi connectivity index (χ0n) is 10.1. The van der Waals surface area contributed by atoms with Gasteiger partial charge in [0.15, 0.2) is 0 Å². The van der Waals surface area contributed by atoms with Crippen LogP contribution in [-0.2, 0) is 9.53 Å². The third kappa shape index (κ3) is 4.05. The van der Waals surface area contributed by atoms with Gasteiger partial charge in [0.2, 0.25) is 0 Å². The molecule has 0 bridgehead atoms. The first-order valence-electron chi connectivity index (χ1n) is 5.98. The Morgan fingerprint density at radius 1 is 1.25 bits per heavy atom. The highest BCUT2D eigenvalue weighted by Gasteiger charge is 2.11. The molecule has 0 fully saturated rings. The summed E-state index contributed by atoms with van der Waals surface area (Å²) < 4.78 is 4.93. The van der Waals surface area contributed by atoms with Gasteiger partial charge in [0, 0.05) is 6.42 Å². The van der Waals surface area contributed by atoms with Crippen molar-refractivity contribution in [2.45, 2.75) is 39.0 Å². The molecule has 1 aromatic carbocycles. The van der Waals surface area contributed by atoms with Crippen LogP contribution in [0.1, 0.15) is 44.6 Å². The second-order valence-electron chi connectivity index (χ2n) is 3.86. The van der Waals surface area contributed by atoms with Gasteiger partial charge in [-0.15, -0.1) is 0 Å². The van der Waals surface area contributed by atoms with E-state index in [9.17, 15) is 4.79 Å². The van der Waals surface area contributed by atoms with Crippen LogP contribution in [0.2, 0.25) is 0 Å². The third-order valence-corrected chi connectivity index (χ3v) is 2.77. The summed E-state index contributed by atoms with van der Waals surface area (Å²) in [7, 11) is 0. The van der Waals surface area contributed by atoms with Crippen molar-refractivity contribution in [2.24, 2.45) is 0 Å². The topological polar surface area (TPSA) is 26.3 Å². The largest absolute Gasteiger partial charge is 0.466 e. The van der Waals surface area contributed by atoms with Crippen molar-refractivity contribution in [1.82, 2.24) is 0 Å². The Balaban J connectivity index is 2.47. The van der Waals surface area contributed by atoms with E-state index in [0.717, 1.165) is 12.8 Å². The minimum Gasteiger partial charge on any atom is -0.466 e. The number of carbonyl (C=O) groups excluding carboxylic acids is 1. The average molecular weight is 220 g/mol. The van der Waals surface area contributed by atoms with Gasteiger partial charge in [0.1, 0.15) is 0 Å². The van der Waals surface area contributed by atoms with Crippen molar-refractivity contribution >= 4 is 5.97 Å². The quantitative estimate of drug-likeness (QED) is 0.686. The molecule has 0 unspecified atom stereocenters. The molecule has 0 N–H and O–H groups in total. The lowest BCUT2D eigenvalue weighted by molar-refractivity contribution is -0.143. The Morgan fingerprint density at radius 3 is 2.50 bits per heavy atom. The van der Waals surface area contributed by atoms with E-state index in [2.05, 4.69) is 19.1 Å². The average Bonchev–Trinajstić information content (AvgIpc) is 2.31. The molecule has 0 saturated heterocycles. The maximum atomic E-state index is 11.3. The Kier molecular flexibility index (Phi) is 5.62. The van der Waals surface area contributed by atoms with Crippen LogP contribution in [0.15, 0.2) is 30.3 Å². The Bertz CT molecular complexity index is 306. The van der Waals surface area contributed by atoms with Gasteiger partial charge in [-0.05, 0) is 31.2 Å². The van der Waals surface area contributed by atoms with Gasteiger partial charge in [0.05, 0.1) is 6.61 Å². The fourth-order valence-corrected chi connectivity index (χ4v) is 1.86. The fraction of sp³-hybridized carbons (Fsp3) is 0.500. The summed E-state index contributed by atoms with van der Waals surface area (Å²) in [6, 6.07) is 10.4. The van der Waals surface area contributed by atoms with Crippen molar-refractivity contribution in [3.63, 3.8) is 0 Å². The molecular weight excluding hydrogens is 200 g/mol. The monoisotopic (exact) mass is 220 g/mol. The number of carbonyl (C=O) groups is 1. The molecule has 0 aliphatic carbocycles. The molecular formula is C14H20O2. The molecule has 0 aliphatic heterocycles. The van der Waals surface area contributed by atoms with Gasteiger partial charge >= 0.3 is 5.97 Å². The molecule has 0 saturated carbocycles. The summed E-state index contributed by atoms with van der Waals surface area (Å²) in [6.07, 6.45) is 2.45. The van der Waals surface area contributed by atoms with Gasteiger partial charge in [-0.2, -0.15) is 0 Å². The van der Waals surface area contributed by atoms with E-state index in [0.29, 0.717) is 18.9 Å². The van der Waals surface area contributed by atoms with Gasteiger partial charge in [-0.25, -0.2) is 0 Å². The van der Waals surface area contributed by atoms with Crippen LogP contribution in [0.3, 0.4) is 0 Å². The standard InChI is InChI=1S/C14H20O2/c1-3-12(10-11-14(15)16-4-2)13-8-6-5-7-9-13/h5-9,12H,3-4,10-11H2,1-2H3/t12-/m0/s1. The molecule has 0 radical (unpaired) electrons. The summed E-state index contributed by atoms with van der Waals surface area (Å²) in [6.45, 7) is 4.47. The maximum absolute atomic E-state index is 11.3. The second kappa shape index (κ2) is 7.04. The molecule has 16 heavy (non-hydrogen) atoms. The first-order chi connectivity index (χ1) is 7.77. The minimum atomic E-state index is -0.0862. The SMILES string of the molecule is CCOC(=O)CC[C@H](CC)c1ccccc1. The number of benzene rings is 1. The Labute approximate surface area is 97.6 Å². The zero-order chi connectivity index (χ0) is 11.8. The number of rotatable bonds is 6. The van der Waals surface area contributed by atoms with Crippen LogP contribution < -0.4 is 0 Å². The Morgan fingerprint density at radius 2 is 1.94 bits per heavy atom. The molecule has 0 aliphatic rings. The van der Waals surface area contributed by atoms with Crippen LogP contribution >= 0.6 is 0 Å². The molecule has 0 spiro atoms. The lowest BCUT2D eigenvalue weighted by Gasteiger charge is -2.14. The van der Waals surface area contributed by atoms with Crippen molar-refractivity contribution in [3.8, 4) is 0 Å². The molecule has 1 rings (SSSR count). The molecule has 2 heteroatoms. The fourth-order valence-electron chi connectivity index (χ4n) is 1.86. The summed E-state index contributed by atoms with van der Waals surface area (Å²) in [5.41, 5.74) is 1.31. The molecule has 88 valence electrons. The summed E-state index contributed by atoms with van der Waals surface area (Å²) in [4.78, 5) is 11.3. The van der Waals surface area contributed by atoms with Crippen molar-refractivity contribution in [1.29, 1.82) is 0 Å². The van der Waals surface area contributed by atoms with Crippen LogP contribution in [-0.4, -0.2) is 12.6 Å². The van der Waals surface area contributed by atoms with Crippen molar-refractivity contribution in [3.05, 3.63) is 35.9 Å². The van der Waals surface area contributed by atoms with Crippen LogP contribution in [0.4, 0.5) is 0 Å². The molecule has 0 aromatic heterocycles. The maximum Gasteiger partial charge on any atom is 0.305 e. The van der Waals surface area contributed by atoms with Crippen LogP contribution in [0, 0.1) is 0 Å². The smallest absolute Gasteiger partial charge is 0.305 e. The highest BCUT2D eigenvalue weighted by atomic mass is 16.5. The molecule has 1 atom stereocenters. The predicted molar refractivity (Wildman–Crippen MR) is 65.3 cm³/mol. The third-order valence-electron chi connectivity index (χ3n) is 2.77. The number of hydrogen-bond acceptors (Lipinski definition) is 2. The molecule has 2 nitrogen and oxygen atoms in total. The lowest BCUT2D eigenvalue weighted by Crippen LogP contribution is -2.06. The van der Waals surface area contributed by atoms with E-state index in [1.54, 1.807) is 0 Å². The van der Waals surface area contributed by atoms with E-state index in [4.69, 9.17) is 4.74 Å². The van der Waals surface area contributed by atoms with E-state index in [-0.39, 0.29) is 5.97 Å². The van der Waals surface area contributed by atoms with E-state index < -0.39 is 0 Å². The normalized spacial score (nSPS) is 12.1. The lowest BCUT2D eigenvalue weighted by atomic mass is 9.92. The van der Waals surface area contributed by atoms with Crippen molar-refractivity contribution < 1.29 is 9.53 Å². The number of esters is 1. The van der Waals surface area contributed by atoms with Gasteiger partial charge in [-0.3, -0.25) is 4.79 Å². The second-order valence-corrected chi connectivity index (χ2v) is 3.86. The van der Waals surface area contributed by atoms with Gasteiger partial charge in [-0.1, -0.05) is 37.3 Å². The zero-order valence-corrected chi connectivity index (χ0v) is 10.1. The molecule has 1 aromatic rings. The van der Waals surface area contributed by atoms with Gasteiger partial charge < -0.3 is 4.74 Å².